The van der Waals surface area contributed by atoms with Gasteiger partial charge in [0.2, 0.25) is 5.91 Å². The van der Waals surface area contributed by atoms with Gasteiger partial charge in [0, 0.05) is 19.6 Å². The molecule has 1 aliphatic heterocycles. The number of hydrogen-bond acceptors (Lipinski definition) is 3. The maximum absolute atomic E-state index is 12.1. The Bertz CT molecular complexity index is 439. The minimum Gasteiger partial charge on any atom is -0.352 e. The van der Waals surface area contributed by atoms with E-state index in [1.807, 2.05) is 6.07 Å². The first-order valence-electron chi connectivity index (χ1n) is 7.37. The van der Waals surface area contributed by atoms with Gasteiger partial charge in [-0.25, -0.2) is 0 Å². The van der Waals surface area contributed by atoms with Gasteiger partial charge < -0.3 is 15.5 Å². The number of nitrogens with zero attached hydrogens (tertiary/aromatic N) is 1. The van der Waals surface area contributed by atoms with Crippen molar-refractivity contribution in [2.75, 3.05) is 27.2 Å². The van der Waals surface area contributed by atoms with Gasteiger partial charge in [0.1, 0.15) is 0 Å². The molecule has 1 aromatic rings. The van der Waals surface area contributed by atoms with Crippen LogP contribution in [0.15, 0.2) is 24.3 Å². The molecule has 0 spiro atoms. The van der Waals surface area contributed by atoms with E-state index in [1.54, 1.807) is 0 Å². The van der Waals surface area contributed by atoms with Crippen molar-refractivity contribution >= 4 is 5.91 Å². The Morgan fingerprint density at radius 2 is 2.10 bits per heavy atom. The Morgan fingerprint density at radius 1 is 1.35 bits per heavy atom. The first-order chi connectivity index (χ1) is 9.66. The molecule has 4 heteroatoms. The van der Waals surface area contributed by atoms with Crippen molar-refractivity contribution in [3.63, 3.8) is 0 Å². The topological polar surface area (TPSA) is 44.4 Å². The Hall–Kier alpha value is -1.39. The number of carbonyl (C=O) groups is 1. The lowest BCUT2D eigenvalue weighted by molar-refractivity contribution is -0.125. The van der Waals surface area contributed by atoms with E-state index in [9.17, 15) is 4.79 Å². The predicted octanol–water partition coefficient (Wildman–Crippen LogP) is 1.36. The zero-order chi connectivity index (χ0) is 14.4. The maximum Gasteiger partial charge on any atom is 0.224 e. The highest BCUT2D eigenvalue weighted by atomic mass is 16.1. The number of nitrogens with one attached hydrogen (secondary N) is 2. The second kappa shape index (κ2) is 7.41. The molecule has 0 aliphatic carbocycles. The summed E-state index contributed by atoms with van der Waals surface area (Å²) in [6, 6.07) is 8.31. The maximum atomic E-state index is 12.1. The lowest BCUT2D eigenvalue weighted by Gasteiger charge is -2.22. The largest absolute Gasteiger partial charge is 0.352 e. The van der Waals surface area contributed by atoms with Crippen LogP contribution in [-0.2, 0) is 17.9 Å². The molecular weight excluding hydrogens is 250 g/mol. The number of rotatable bonds is 5. The van der Waals surface area contributed by atoms with E-state index in [-0.39, 0.29) is 11.8 Å². The van der Waals surface area contributed by atoms with Crippen LogP contribution in [0.25, 0.3) is 0 Å². The molecule has 1 atom stereocenters. The monoisotopic (exact) mass is 275 g/mol. The minimum atomic E-state index is 0.129. The van der Waals surface area contributed by atoms with Gasteiger partial charge >= 0.3 is 0 Å². The Balaban J connectivity index is 1.91. The van der Waals surface area contributed by atoms with E-state index in [0.717, 1.165) is 32.5 Å². The molecule has 1 saturated heterocycles. The van der Waals surface area contributed by atoms with Gasteiger partial charge in [-0.2, -0.15) is 0 Å². The lowest BCUT2D eigenvalue weighted by Crippen LogP contribution is -2.40. The molecule has 2 N–H and O–H groups in total. The van der Waals surface area contributed by atoms with Crippen LogP contribution in [0, 0.1) is 5.92 Å². The lowest BCUT2D eigenvalue weighted by atomic mass is 9.98. The molecule has 4 nitrogen and oxygen atoms in total. The summed E-state index contributed by atoms with van der Waals surface area (Å²) >= 11 is 0. The van der Waals surface area contributed by atoms with Crippen LogP contribution in [0.2, 0.25) is 0 Å². The van der Waals surface area contributed by atoms with Crippen molar-refractivity contribution in [1.82, 2.24) is 15.5 Å². The summed E-state index contributed by atoms with van der Waals surface area (Å²) in [6.07, 6.45) is 2.09. The van der Waals surface area contributed by atoms with Gasteiger partial charge in [-0.1, -0.05) is 24.3 Å². The summed E-state index contributed by atoms with van der Waals surface area (Å²) in [7, 11) is 4.12. The fourth-order valence-electron chi connectivity index (χ4n) is 2.63. The highest BCUT2D eigenvalue weighted by Crippen LogP contribution is 2.13. The summed E-state index contributed by atoms with van der Waals surface area (Å²) in [6.45, 7) is 3.37. The normalized spacial score (nSPS) is 19.1. The fraction of sp³-hybridized carbons (Fsp3) is 0.562. The number of piperidine rings is 1. The van der Waals surface area contributed by atoms with Crippen molar-refractivity contribution in [2.24, 2.45) is 5.92 Å². The van der Waals surface area contributed by atoms with Crippen LogP contribution in [0.5, 0.6) is 0 Å². The third-order valence-electron chi connectivity index (χ3n) is 3.73. The van der Waals surface area contributed by atoms with Crippen LogP contribution in [0.1, 0.15) is 24.0 Å². The third-order valence-corrected chi connectivity index (χ3v) is 3.73. The zero-order valence-corrected chi connectivity index (χ0v) is 12.5. The van der Waals surface area contributed by atoms with Gasteiger partial charge in [0.25, 0.3) is 0 Å². The third kappa shape index (κ3) is 4.32. The first kappa shape index (κ1) is 15.0. The summed E-state index contributed by atoms with van der Waals surface area (Å²) in [5.41, 5.74) is 2.48. The highest BCUT2D eigenvalue weighted by Gasteiger charge is 2.20. The second-order valence-corrected chi connectivity index (χ2v) is 5.77. The SMILES string of the molecule is CN(C)Cc1ccccc1CNC(=O)[C@@H]1CCCNC1. The van der Waals surface area contributed by atoms with Crippen molar-refractivity contribution < 1.29 is 4.79 Å². The molecular formula is C16H25N3O. The molecule has 1 fully saturated rings. The molecule has 110 valence electrons. The van der Waals surface area contributed by atoms with E-state index in [0.29, 0.717) is 6.54 Å². The molecule has 1 aromatic carbocycles. The summed E-state index contributed by atoms with van der Waals surface area (Å²) in [5, 5.41) is 6.37. The summed E-state index contributed by atoms with van der Waals surface area (Å²) < 4.78 is 0. The average molecular weight is 275 g/mol. The van der Waals surface area contributed by atoms with Crippen LogP contribution in [0.4, 0.5) is 0 Å². The first-order valence-corrected chi connectivity index (χ1v) is 7.37. The average Bonchev–Trinajstić information content (AvgIpc) is 2.46. The van der Waals surface area contributed by atoms with E-state index >= 15 is 0 Å². The Labute approximate surface area is 121 Å². The van der Waals surface area contributed by atoms with Crippen LogP contribution in [-0.4, -0.2) is 38.0 Å². The minimum absolute atomic E-state index is 0.129. The van der Waals surface area contributed by atoms with Gasteiger partial charge in [0.15, 0.2) is 0 Å². The standard InChI is InChI=1S/C16H25N3O/c1-19(2)12-15-7-4-3-6-13(15)11-18-16(20)14-8-5-9-17-10-14/h3-4,6-7,14,17H,5,8-12H2,1-2H3,(H,18,20)/t14-/m1/s1. The molecule has 0 saturated carbocycles. The molecule has 0 aromatic heterocycles. The molecule has 1 heterocycles. The van der Waals surface area contributed by atoms with Gasteiger partial charge in [-0.3, -0.25) is 4.79 Å². The molecule has 1 aliphatic rings. The smallest absolute Gasteiger partial charge is 0.224 e. The zero-order valence-electron chi connectivity index (χ0n) is 12.5. The molecule has 20 heavy (non-hydrogen) atoms. The van der Waals surface area contributed by atoms with E-state index < -0.39 is 0 Å². The number of carbonyl (C=O) groups excluding carboxylic acids is 1. The van der Waals surface area contributed by atoms with Crippen LogP contribution >= 0.6 is 0 Å². The number of amides is 1. The molecule has 2 rings (SSSR count). The van der Waals surface area contributed by atoms with Crippen molar-refractivity contribution in [1.29, 1.82) is 0 Å². The second-order valence-electron chi connectivity index (χ2n) is 5.77. The number of benzene rings is 1. The van der Waals surface area contributed by atoms with Crippen LogP contribution < -0.4 is 10.6 Å². The molecule has 0 bridgehead atoms. The van der Waals surface area contributed by atoms with Gasteiger partial charge in [0.05, 0.1) is 5.92 Å². The Morgan fingerprint density at radius 3 is 2.75 bits per heavy atom. The predicted molar refractivity (Wildman–Crippen MR) is 81.3 cm³/mol. The highest BCUT2D eigenvalue weighted by molar-refractivity contribution is 5.79. The molecule has 0 radical (unpaired) electrons. The number of hydrogen-bond donors (Lipinski definition) is 2. The van der Waals surface area contributed by atoms with E-state index in [2.05, 4.69) is 47.8 Å². The Kier molecular flexibility index (Phi) is 5.56. The van der Waals surface area contributed by atoms with Crippen LogP contribution in [0.3, 0.4) is 0 Å². The van der Waals surface area contributed by atoms with Crippen molar-refractivity contribution in [3.8, 4) is 0 Å². The van der Waals surface area contributed by atoms with Crippen molar-refractivity contribution in [2.45, 2.75) is 25.9 Å². The molecule has 1 amide bonds. The van der Waals surface area contributed by atoms with Gasteiger partial charge in [-0.15, -0.1) is 0 Å². The quantitative estimate of drug-likeness (QED) is 0.853. The van der Waals surface area contributed by atoms with E-state index in [1.165, 1.54) is 11.1 Å². The van der Waals surface area contributed by atoms with Gasteiger partial charge in [-0.05, 0) is 44.6 Å². The van der Waals surface area contributed by atoms with E-state index in [4.69, 9.17) is 0 Å². The fourth-order valence-corrected chi connectivity index (χ4v) is 2.63. The summed E-state index contributed by atoms with van der Waals surface area (Å²) in [5.74, 6) is 0.307. The van der Waals surface area contributed by atoms with Crippen molar-refractivity contribution in [3.05, 3.63) is 35.4 Å². The molecule has 0 unspecified atom stereocenters. The summed E-state index contributed by atoms with van der Waals surface area (Å²) in [4.78, 5) is 14.3.